The molecule has 136 valence electrons. The molecule has 0 aliphatic heterocycles. The van der Waals surface area contributed by atoms with Crippen molar-refractivity contribution in [3.05, 3.63) is 72.5 Å². The van der Waals surface area contributed by atoms with Gasteiger partial charge in [-0.1, -0.05) is 18.2 Å². The molecule has 4 rings (SSSR count). The lowest BCUT2D eigenvalue weighted by Gasteiger charge is -2.10. The molecule has 0 aliphatic carbocycles. The number of carbonyl (C=O) groups excluding carboxylic acids is 1. The van der Waals surface area contributed by atoms with Gasteiger partial charge in [0.25, 0.3) is 5.91 Å². The number of hydrogen-bond acceptors (Lipinski definition) is 4. The number of imidazole rings is 1. The van der Waals surface area contributed by atoms with E-state index in [0.717, 1.165) is 29.6 Å². The van der Waals surface area contributed by atoms with Gasteiger partial charge >= 0.3 is 0 Å². The van der Waals surface area contributed by atoms with E-state index >= 15 is 0 Å². The maximum Gasteiger partial charge on any atom is 0.252 e. The van der Waals surface area contributed by atoms with Crippen LogP contribution in [-0.2, 0) is 6.54 Å². The number of furan rings is 1. The quantitative estimate of drug-likeness (QED) is 0.531. The number of carbonyl (C=O) groups is 1. The van der Waals surface area contributed by atoms with Crippen molar-refractivity contribution in [1.82, 2.24) is 19.9 Å². The van der Waals surface area contributed by atoms with Gasteiger partial charge in [0, 0.05) is 30.9 Å². The van der Waals surface area contributed by atoms with Crippen LogP contribution in [-0.4, -0.2) is 27.0 Å². The number of aryl methyl sites for hydroxylation is 2. The summed E-state index contributed by atoms with van der Waals surface area (Å²) in [7, 11) is 0. The van der Waals surface area contributed by atoms with Crippen molar-refractivity contribution in [3.8, 4) is 11.5 Å². The molecule has 1 N–H and O–H groups in total. The minimum atomic E-state index is -0.108. The maximum atomic E-state index is 12.8. The van der Waals surface area contributed by atoms with Gasteiger partial charge in [0.2, 0.25) is 0 Å². The number of rotatable bonds is 6. The van der Waals surface area contributed by atoms with E-state index in [9.17, 15) is 4.79 Å². The van der Waals surface area contributed by atoms with E-state index < -0.39 is 0 Å². The molecule has 0 saturated heterocycles. The lowest BCUT2D eigenvalue weighted by molar-refractivity contribution is 0.0954. The van der Waals surface area contributed by atoms with Gasteiger partial charge in [-0.05, 0) is 37.6 Å². The highest BCUT2D eigenvalue weighted by Crippen LogP contribution is 2.26. The zero-order valence-electron chi connectivity index (χ0n) is 15.1. The van der Waals surface area contributed by atoms with Crippen LogP contribution in [0.3, 0.4) is 0 Å². The number of nitrogens with one attached hydrogen (secondary N) is 1. The molecule has 1 aromatic carbocycles. The number of benzene rings is 1. The molecule has 0 radical (unpaired) electrons. The fraction of sp³-hybridized carbons (Fsp3) is 0.190. The average molecular weight is 360 g/mol. The third kappa shape index (κ3) is 3.74. The second-order valence-electron chi connectivity index (χ2n) is 6.39. The second-order valence-corrected chi connectivity index (χ2v) is 6.39. The van der Waals surface area contributed by atoms with Gasteiger partial charge in [0.05, 0.1) is 17.4 Å². The first-order chi connectivity index (χ1) is 13.2. The van der Waals surface area contributed by atoms with Crippen molar-refractivity contribution >= 4 is 16.8 Å². The lowest BCUT2D eigenvalue weighted by Crippen LogP contribution is -2.25. The number of nitrogens with zero attached hydrogens (tertiary/aromatic N) is 3. The molecule has 4 aromatic rings. The van der Waals surface area contributed by atoms with Crippen molar-refractivity contribution in [1.29, 1.82) is 0 Å². The summed E-state index contributed by atoms with van der Waals surface area (Å²) in [5.74, 6) is 1.36. The SMILES string of the molecule is Cc1ccc(-c2cc(C(=O)NCCCn3ccnc3)c3ccccc3n2)o1. The van der Waals surface area contributed by atoms with Gasteiger partial charge in [0.1, 0.15) is 11.5 Å². The molecule has 3 aromatic heterocycles. The Hall–Kier alpha value is -3.41. The van der Waals surface area contributed by atoms with E-state index in [1.165, 1.54) is 0 Å². The highest BCUT2D eigenvalue weighted by atomic mass is 16.3. The Morgan fingerprint density at radius 3 is 2.89 bits per heavy atom. The lowest BCUT2D eigenvalue weighted by atomic mass is 10.1. The van der Waals surface area contributed by atoms with Gasteiger partial charge in [-0.3, -0.25) is 4.79 Å². The normalized spacial score (nSPS) is 11.0. The zero-order valence-corrected chi connectivity index (χ0v) is 15.1. The first-order valence-electron chi connectivity index (χ1n) is 8.91. The minimum absolute atomic E-state index is 0.108. The molecule has 0 fully saturated rings. The summed E-state index contributed by atoms with van der Waals surface area (Å²) in [4.78, 5) is 21.5. The molecular formula is C21H20N4O2. The fourth-order valence-electron chi connectivity index (χ4n) is 3.04. The first kappa shape index (κ1) is 17.0. The third-order valence-electron chi connectivity index (χ3n) is 4.39. The van der Waals surface area contributed by atoms with Crippen molar-refractivity contribution in [3.63, 3.8) is 0 Å². The Balaban J connectivity index is 1.56. The molecule has 0 saturated carbocycles. The van der Waals surface area contributed by atoms with Crippen LogP contribution in [0, 0.1) is 6.92 Å². The summed E-state index contributed by atoms with van der Waals surface area (Å²) in [6.45, 7) is 3.29. The van der Waals surface area contributed by atoms with Crippen molar-refractivity contribution in [2.75, 3.05) is 6.54 Å². The topological polar surface area (TPSA) is 73.0 Å². The molecule has 27 heavy (non-hydrogen) atoms. The van der Waals surface area contributed by atoms with E-state index in [1.807, 2.05) is 54.1 Å². The van der Waals surface area contributed by atoms with Gasteiger partial charge in [-0.2, -0.15) is 0 Å². The van der Waals surface area contributed by atoms with E-state index in [1.54, 1.807) is 18.6 Å². The van der Waals surface area contributed by atoms with Crippen LogP contribution in [0.4, 0.5) is 0 Å². The highest BCUT2D eigenvalue weighted by molar-refractivity contribution is 6.07. The van der Waals surface area contributed by atoms with Crippen molar-refractivity contribution in [2.24, 2.45) is 0 Å². The molecule has 0 spiro atoms. The summed E-state index contributed by atoms with van der Waals surface area (Å²) < 4.78 is 7.68. The monoisotopic (exact) mass is 360 g/mol. The molecule has 6 heteroatoms. The Morgan fingerprint density at radius 1 is 1.22 bits per heavy atom. The van der Waals surface area contributed by atoms with Crippen LogP contribution in [0.15, 0.2) is 65.6 Å². The fourth-order valence-corrected chi connectivity index (χ4v) is 3.04. The van der Waals surface area contributed by atoms with E-state index in [4.69, 9.17) is 4.42 Å². The van der Waals surface area contributed by atoms with Crippen molar-refractivity contribution < 1.29 is 9.21 Å². The van der Waals surface area contributed by atoms with Crippen LogP contribution in [0.25, 0.3) is 22.4 Å². The largest absolute Gasteiger partial charge is 0.460 e. The Bertz CT molecular complexity index is 1070. The van der Waals surface area contributed by atoms with Gasteiger partial charge < -0.3 is 14.3 Å². The molecule has 3 heterocycles. The predicted octanol–water partition coefficient (Wildman–Crippen LogP) is 3.82. The van der Waals surface area contributed by atoms with Gasteiger partial charge in [-0.15, -0.1) is 0 Å². The first-order valence-corrected chi connectivity index (χ1v) is 8.91. The van der Waals surface area contributed by atoms with Crippen LogP contribution in [0.5, 0.6) is 0 Å². The number of amides is 1. The molecule has 0 aliphatic rings. The average Bonchev–Trinajstić information content (AvgIpc) is 3.36. The van der Waals surface area contributed by atoms with Crippen LogP contribution < -0.4 is 5.32 Å². The molecule has 0 unspecified atom stereocenters. The molecule has 0 atom stereocenters. The molecule has 1 amide bonds. The minimum Gasteiger partial charge on any atom is -0.460 e. The Kier molecular flexibility index (Phi) is 4.70. The van der Waals surface area contributed by atoms with Crippen LogP contribution in [0.2, 0.25) is 0 Å². The molecule has 0 bridgehead atoms. The highest BCUT2D eigenvalue weighted by Gasteiger charge is 2.15. The Morgan fingerprint density at radius 2 is 2.11 bits per heavy atom. The van der Waals surface area contributed by atoms with Crippen LogP contribution in [0.1, 0.15) is 22.5 Å². The smallest absolute Gasteiger partial charge is 0.252 e. The number of hydrogen-bond donors (Lipinski definition) is 1. The maximum absolute atomic E-state index is 12.8. The molecule has 6 nitrogen and oxygen atoms in total. The van der Waals surface area contributed by atoms with E-state index in [0.29, 0.717) is 23.6 Å². The number of pyridine rings is 1. The predicted molar refractivity (Wildman–Crippen MR) is 103 cm³/mol. The second kappa shape index (κ2) is 7.45. The van der Waals surface area contributed by atoms with Gasteiger partial charge in [0.15, 0.2) is 5.76 Å². The summed E-state index contributed by atoms with van der Waals surface area (Å²) in [5, 5.41) is 3.84. The summed E-state index contributed by atoms with van der Waals surface area (Å²) >= 11 is 0. The molecular weight excluding hydrogens is 340 g/mol. The summed E-state index contributed by atoms with van der Waals surface area (Å²) in [6.07, 6.45) is 6.26. The summed E-state index contributed by atoms with van der Waals surface area (Å²) in [6, 6.07) is 13.2. The summed E-state index contributed by atoms with van der Waals surface area (Å²) in [5.41, 5.74) is 2.03. The number of para-hydroxylation sites is 1. The number of aromatic nitrogens is 3. The van der Waals surface area contributed by atoms with E-state index in [2.05, 4.69) is 15.3 Å². The van der Waals surface area contributed by atoms with Crippen molar-refractivity contribution in [2.45, 2.75) is 19.9 Å². The standard InChI is InChI=1S/C21H20N4O2/c1-15-7-8-20(27-15)19-13-17(16-5-2-3-6-18(16)24-19)21(26)23-9-4-11-25-12-10-22-14-25/h2-3,5-8,10,12-14H,4,9,11H2,1H3,(H,23,26). The number of fused-ring (bicyclic) bond motifs is 1. The zero-order chi connectivity index (χ0) is 18.6. The van der Waals surface area contributed by atoms with E-state index in [-0.39, 0.29) is 5.91 Å². The third-order valence-corrected chi connectivity index (χ3v) is 4.39. The van der Waals surface area contributed by atoms with Crippen LogP contribution >= 0.6 is 0 Å². The Labute approximate surface area is 156 Å². The van der Waals surface area contributed by atoms with Gasteiger partial charge in [-0.25, -0.2) is 9.97 Å².